The monoisotopic (exact) mass is 417 g/mol. The van der Waals surface area contributed by atoms with Crippen LogP contribution in [0.1, 0.15) is 22.8 Å². The van der Waals surface area contributed by atoms with Crippen LogP contribution < -0.4 is 4.74 Å². The topological polar surface area (TPSA) is 99.2 Å². The number of sulfonamides is 1. The molecule has 0 unspecified atom stereocenters. The minimum absolute atomic E-state index is 0.0587. The molecule has 8 nitrogen and oxygen atoms in total. The second-order valence-corrected chi connectivity index (χ2v) is 7.76. The molecule has 9 heteroatoms. The molecule has 0 saturated heterocycles. The van der Waals surface area contributed by atoms with E-state index in [1.165, 1.54) is 25.3 Å². The Balaban J connectivity index is 2.22. The van der Waals surface area contributed by atoms with Gasteiger partial charge in [-0.3, -0.25) is 4.31 Å². The highest BCUT2D eigenvalue weighted by Crippen LogP contribution is 2.38. The van der Waals surface area contributed by atoms with E-state index >= 15 is 0 Å². The van der Waals surface area contributed by atoms with Crippen LogP contribution in [0.4, 0.5) is 0 Å². The summed E-state index contributed by atoms with van der Waals surface area (Å²) in [4.78, 5) is 25.3. The van der Waals surface area contributed by atoms with E-state index in [9.17, 15) is 18.0 Å². The summed E-state index contributed by atoms with van der Waals surface area (Å²) in [6.45, 7) is 1.50. The molecular weight excluding hydrogens is 398 g/mol. The zero-order valence-electron chi connectivity index (χ0n) is 16.0. The van der Waals surface area contributed by atoms with Crippen LogP contribution in [0.5, 0.6) is 5.75 Å². The van der Waals surface area contributed by atoms with E-state index in [1.54, 1.807) is 37.3 Å². The summed E-state index contributed by atoms with van der Waals surface area (Å²) < 4.78 is 42.4. The summed E-state index contributed by atoms with van der Waals surface area (Å²) in [7, 11) is -1.49. The average molecular weight is 417 g/mol. The first-order valence-electron chi connectivity index (χ1n) is 8.66. The third-order valence-corrected chi connectivity index (χ3v) is 6.28. The zero-order chi connectivity index (χ0) is 21.2. The Kier molecular flexibility index (Phi) is 5.60. The SMILES string of the molecule is CCN1C(C(=O)OC)=C(OC(=O)c2ccccc2OC)c2ccccc2S1(=O)=O. The molecule has 0 aliphatic carbocycles. The predicted molar refractivity (Wildman–Crippen MR) is 103 cm³/mol. The van der Waals surface area contributed by atoms with Gasteiger partial charge in [0.05, 0.1) is 19.1 Å². The van der Waals surface area contributed by atoms with Gasteiger partial charge in [0, 0.05) is 12.1 Å². The van der Waals surface area contributed by atoms with Gasteiger partial charge in [-0.25, -0.2) is 18.0 Å². The molecule has 0 atom stereocenters. The molecule has 2 aromatic rings. The van der Waals surface area contributed by atoms with Crippen molar-refractivity contribution in [3.05, 3.63) is 65.4 Å². The van der Waals surface area contributed by atoms with E-state index in [2.05, 4.69) is 0 Å². The number of benzene rings is 2. The van der Waals surface area contributed by atoms with Crippen molar-refractivity contribution in [2.75, 3.05) is 20.8 Å². The number of ether oxygens (including phenoxy) is 3. The number of fused-ring (bicyclic) bond motifs is 1. The van der Waals surface area contributed by atoms with Gasteiger partial charge in [0.25, 0.3) is 10.0 Å². The minimum atomic E-state index is -4.02. The smallest absolute Gasteiger partial charge is 0.359 e. The van der Waals surface area contributed by atoms with E-state index in [4.69, 9.17) is 14.2 Å². The molecule has 0 radical (unpaired) electrons. The van der Waals surface area contributed by atoms with Gasteiger partial charge in [-0.1, -0.05) is 24.3 Å². The van der Waals surface area contributed by atoms with Crippen molar-refractivity contribution < 1.29 is 32.2 Å². The molecule has 3 rings (SSSR count). The molecule has 0 aromatic heterocycles. The first-order chi connectivity index (χ1) is 13.9. The van der Waals surface area contributed by atoms with Gasteiger partial charge in [0.15, 0.2) is 11.5 Å². The normalized spacial score (nSPS) is 14.8. The number of methoxy groups -OCH3 is 2. The Morgan fingerprint density at radius 2 is 1.62 bits per heavy atom. The van der Waals surface area contributed by atoms with Crippen LogP contribution in [0.3, 0.4) is 0 Å². The molecule has 0 spiro atoms. The van der Waals surface area contributed by atoms with Crippen molar-refractivity contribution in [1.82, 2.24) is 4.31 Å². The lowest BCUT2D eigenvalue weighted by atomic mass is 10.1. The standard InChI is InChI=1S/C20H19NO7S/c1-4-21-17(20(23)27-3)18(14-10-6-8-12-16(14)29(21,24)25)28-19(22)13-9-5-7-11-15(13)26-2/h5-12H,4H2,1-3H3. The summed E-state index contributed by atoms with van der Waals surface area (Å²) in [6, 6.07) is 12.4. The molecule has 1 aliphatic rings. The van der Waals surface area contributed by atoms with Crippen LogP contribution in [0.2, 0.25) is 0 Å². The minimum Gasteiger partial charge on any atom is -0.496 e. The van der Waals surface area contributed by atoms with Crippen LogP contribution in [0, 0.1) is 0 Å². The quantitative estimate of drug-likeness (QED) is 0.689. The van der Waals surface area contributed by atoms with Crippen LogP contribution in [0.25, 0.3) is 5.76 Å². The molecule has 0 saturated carbocycles. The Morgan fingerprint density at radius 3 is 2.28 bits per heavy atom. The van der Waals surface area contributed by atoms with E-state index in [0.29, 0.717) is 0 Å². The Morgan fingerprint density at radius 1 is 0.966 bits per heavy atom. The number of likely N-dealkylation sites (N-methyl/N-ethyl adjacent to an activating group) is 1. The lowest BCUT2D eigenvalue weighted by Gasteiger charge is -2.31. The highest BCUT2D eigenvalue weighted by molar-refractivity contribution is 7.89. The summed E-state index contributed by atoms with van der Waals surface area (Å²) >= 11 is 0. The molecule has 2 aromatic carbocycles. The van der Waals surface area contributed by atoms with Crippen molar-refractivity contribution in [3.8, 4) is 5.75 Å². The van der Waals surface area contributed by atoms with Crippen LogP contribution in [-0.2, 0) is 24.3 Å². The highest BCUT2D eigenvalue weighted by atomic mass is 32.2. The van der Waals surface area contributed by atoms with Crippen molar-refractivity contribution in [1.29, 1.82) is 0 Å². The van der Waals surface area contributed by atoms with Gasteiger partial charge in [0.1, 0.15) is 11.3 Å². The number of rotatable bonds is 5. The van der Waals surface area contributed by atoms with E-state index in [1.807, 2.05) is 0 Å². The number of carbonyl (C=O) groups is 2. The zero-order valence-corrected chi connectivity index (χ0v) is 16.9. The summed E-state index contributed by atoms with van der Waals surface area (Å²) in [6.07, 6.45) is 0. The fourth-order valence-corrected chi connectivity index (χ4v) is 4.71. The average Bonchev–Trinajstić information content (AvgIpc) is 2.74. The number of para-hydroxylation sites is 1. The maximum Gasteiger partial charge on any atom is 0.359 e. The van der Waals surface area contributed by atoms with Crippen LogP contribution in [0.15, 0.2) is 59.1 Å². The molecule has 152 valence electrons. The largest absolute Gasteiger partial charge is 0.496 e. The molecule has 0 amide bonds. The molecule has 0 fully saturated rings. The van der Waals surface area contributed by atoms with E-state index in [-0.39, 0.29) is 39.8 Å². The van der Waals surface area contributed by atoms with Gasteiger partial charge in [-0.15, -0.1) is 0 Å². The summed E-state index contributed by atoms with van der Waals surface area (Å²) in [5.41, 5.74) is -0.140. The van der Waals surface area contributed by atoms with E-state index < -0.39 is 22.0 Å². The summed E-state index contributed by atoms with van der Waals surface area (Å²) in [5, 5.41) is 0. The lowest BCUT2D eigenvalue weighted by Crippen LogP contribution is -2.39. The maximum absolute atomic E-state index is 13.0. The molecule has 0 N–H and O–H groups in total. The van der Waals surface area contributed by atoms with Crippen molar-refractivity contribution in [2.24, 2.45) is 0 Å². The van der Waals surface area contributed by atoms with E-state index in [0.717, 1.165) is 11.4 Å². The number of esters is 2. The molecule has 0 bridgehead atoms. The Labute approximate surface area is 168 Å². The van der Waals surface area contributed by atoms with Crippen LogP contribution >= 0.6 is 0 Å². The first kappa shape index (κ1) is 20.4. The first-order valence-corrected chi connectivity index (χ1v) is 10.1. The predicted octanol–water partition coefficient (Wildman–Crippen LogP) is 2.42. The van der Waals surface area contributed by atoms with Crippen molar-refractivity contribution >= 4 is 27.7 Å². The number of hydrogen-bond acceptors (Lipinski definition) is 7. The maximum atomic E-state index is 13.0. The molecular formula is C20H19NO7S. The molecule has 29 heavy (non-hydrogen) atoms. The summed E-state index contributed by atoms with van der Waals surface area (Å²) in [5.74, 6) is -1.65. The van der Waals surface area contributed by atoms with Gasteiger partial charge in [-0.2, -0.15) is 0 Å². The third-order valence-electron chi connectivity index (χ3n) is 4.35. The molecule has 1 heterocycles. The van der Waals surface area contributed by atoms with Gasteiger partial charge >= 0.3 is 11.9 Å². The number of nitrogens with zero attached hydrogens (tertiary/aromatic N) is 1. The lowest BCUT2D eigenvalue weighted by molar-refractivity contribution is -0.137. The fraction of sp³-hybridized carbons (Fsp3) is 0.200. The van der Waals surface area contributed by atoms with Crippen molar-refractivity contribution in [2.45, 2.75) is 11.8 Å². The van der Waals surface area contributed by atoms with Gasteiger partial charge < -0.3 is 14.2 Å². The second-order valence-electron chi connectivity index (χ2n) is 5.93. The fourth-order valence-electron chi connectivity index (χ4n) is 3.04. The van der Waals surface area contributed by atoms with Crippen molar-refractivity contribution in [3.63, 3.8) is 0 Å². The van der Waals surface area contributed by atoms with Gasteiger partial charge in [-0.05, 0) is 31.2 Å². The van der Waals surface area contributed by atoms with Gasteiger partial charge in [0.2, 0.25) is 0 Å². The Bertz CT molecular complexity index is 1110. The number of hydrogen-bond donors (Lipinski definition) is 0. The van der Waals surface area contributed by atoms with Crippen LogP contribution in [-0.4, -0.2) is 45.4 Å². The third kappa shape index (κ3) is 3.44. The number of carbonyl (C=O) groups excluding carboxylic acids is 2. The molecule has 1 aliphatic heterocycles. The highest BCUT2D eigenvalue weighted by Gasteiger charge is 2.41. The Hall–Kier alpha value is -3.33. The second kappa shape index (κ2) is 7.96.